The molecule has 0 radical (unpaired) electrons. The lowest BCUT2D eigenvalue weighted by Crippen LogP contribution is -2.53. The highest BCUT2D eigenvalue weighted by atomic mass is 35.5. The van der Waals surface area contributed by atoms with E-state index in [9.17, 15) is 4.79 Å². The van der Waals surface area contributed by atoms with E-state index in [4.69, 9.17) is 5.73 Å². The van der Waals surface area contributed by atoms with E-state index in [0.717, 1.165) is 41.4 Å². The van der Waals surface area contributed by atoms with Crippen LogP contribution in [-0.4, -0.2) is 12.5 Å². The van der Waals surface area contributed by atoms with Crippen molar-refractivity contribution in [3.05, 3.63) is 0 Å². The predicted octanol–water partition coefficient (Wildman–Crippen LogP) is 7.35. The highest BCUT2D eigenvalue weighted by Gasteiger charge is 2.59. The summed E-state index contributed by atoms with van der Waals surface area (Å²) in [6.07, 6.45) is 19.9. The number of fused-ring (bicyclic) bond motifs is 5. The smallest absolute Gasteiger partial charge is 0.231 e. The molecule has 1 unspecified atom stereocenters. The lowest BCUT2D eigenvalue weighted by molar-refractivity contribution is -0.116. The Hall–Kier alpha value is -0.280. The molecule has 0 bridgehead atoms. The van der Waals surface area contributed by atoms with Crippen LogP contribution in [0.2, 0.25) is 0 Å². The van der Waals surface area contributed by atoms with Crippen molar-refractivity contribution in [3.63, 3.8) is 0 Å². The van der Waals surface area contributed by atoms with Gasteiger partial charge in [0.05, 0.1) is 6.54 Å². The van der Waals surface area contributed by atoms with Crippen LogP contribution in [0, 0.1) is 52.3 Å². The third-order valence-electron chi connectivity index (χ3n) is 11.0. The van der Waals surface area contributed by atoms with Crippen LogP contribution in [-0.2, 0) is 4.79 Å². The molecule has 4 aliphatic rings. The number of hydrogen-bond acceptors (Lipinski definition) is 2. The molecule has 0 aromatic carbocycles. The topological polar surface area (TPSA) is 69.1 Å². The zero-order valence-corrected chi connectivity index (χ0v) is 23.2. The quantitative estimate of drug-likeness (QED) is 0.415. The van der Waals surface area contributed by atoms with Crippen LogP contribution in [0.25, 0.3) is 0 Å². The van der Waals surface area contributed by atoms with E-state index in [2.05, 4.69) is 40.4 Å². The molecule has 3 nitrogen and oxygen atoms in total. The number of amides is 1. The van der Waals surface area contributed by atoms with Gasteiger partial charge in [-0.15, -0.1) is 12.4 Å². The van der Waals surface area contributed by atoms with E-state index in [1.165, 1.54) is 32.1 Å². The van der Waals surface area contributed by atoms with Gasteiger partial charge in [-0.25, -0.2) is 0 Å². The van der Waals surface area contributed by atoms with Crippen molar-refractivity contribution in [3.8, 4) is 0 Å². The van der Waals surface area contributed by atoms with Gasteiger partial charge in [0.1, 0.15) is 0 Å². The summed E-state index contributed by atoms with van der Waals surface area (Å²) in [6.45, 7) is 12.8. The molecule has 0 spiro atoms. The molecule has 194 valence electrons. The first kappa shape index (κ1) is 29.0. The summed E-state index contributed by atoms with van der Waals surface area (Å²) >= 11 is 0. The summed E-state index contributed by atoms with van der Waals surface area (Å²) in [5.74, 6) is 6.68. The fraction of sp³-hybridized carbons (Fsp3) is 0.966. The Balaban J connectivity index is 0.000000583. The molecule has 1 amide bonds. The van der Waals surface area contributed by atoms with E-state index in [0.29, 0.717) is 10.8 Å². The van der Waals surface area contributed by atoms with E-state index >= 15 is 0 Å². The van der Waals surface area contributed by atoms with Crippen molar-refractivity contribution >= 4 is 18.3 Å². The Labute approximate surface area is 211 Å². The second kappa shape index (κ2) is 12.1. The summed E-state index contributed by atoms with van der Waals surface area (Å²) < 4.78 is 0. The molecule has 4 rings (SSSR count). The van der Waals surface area contributed by atoms with Crippen molar-refractivity contribution in [2.75, 3.05) is 6.54 Å². The van der Waals surface area contributed by atoms with Gasteiger partial charge in [0.25, 0.3) is 0 Å². The van der Waals surface area contributed by atoms with Crippen molar-refractivity contribution in [1.29, 1.82) is 0 Å². The monoisotopic (exact) mass is 482 g/mol. The Kier molecular flexibility index (Phi) is 10.6. The van der Waals surface area contributed by atoms with E-state index < -0.39 is 5.91 Å². The second-order valence-electron chi connectivity index (χ2n) is 13.1. The normalized spacial score (nSPS) is 40.4. The van der Waals surface area contributed by atoms with Crippen LogP contribution in [0.1, 0.15) is 118 Å². The van der Waals surface area contributed by atoms with Gasteiger partial charge in [-0.2, -0.15) is 0 Å². The minimum atomic E-state index is -0.468. The van der Waals surface area contributed by atoms with Gasteiger partial charge in [0.2, 0.25) is 5.91 Å². The number of nitrogens with two attached hydrogens (primary N) is 2. The molecule has 0 heterocycles. The van der Waals surface area contributed by atoms with Gasteiger partial charge in [-0.3, -0.25) is 4.79 Å². The van der Waals surface area contributed by atoms with Crippen LogP contribution < -0.4 is 11.5 Å². The highest BCUT2D eigenvalue weighted by molar-refractivity contribution is 5.85. The number of carbonyl (C=O) groups excluding carboxylic acids is 1. The summed E-state index contributed by atoms with van der Waals surface area (Å²) in [4.78, 5) is 9.47. The SMILES string of the molecule is CC(C)CCC[C@@H](C)[C@H]1CC[C@H]2[C@@H]3CCC4CCCC[C@]4(C)[C@H]3CC[C@]12C.Cl.NCC(N)=O. The van der Waals surface area contributed by atoms with E-state index in [-0.39, 0.29) is 19.0 Å². The van der Waals surface area contributed by atoms with Gasteiger partial charge in [0.15, 0.2) is 0 Å². The molecule has 0 saturated heterocycles. The molecule has 0 aromatic rings. The van der Waals surface area contributed by atoms with Gasteiger partial charge in [-0.1, -0.05) is 66.7 Å². The van der Waals surface area contributed by atoms with Crippen LogP contribution in [0.5, 0.6) is 0 Å². The first-order valence-corrected chi connectivity index (χ1v) is 14.1. The Morgan fingerprint density at radius 3 is 2.18 bits per heavy atom. The van der Waals surface area contributed by atoms with Crippen LogP contribution in [0.3, 0.4) is 0 Å². The third-order valence-corrected chi connectivity index (χ3v) is 11.0. The fourth-order valence-electron chi connectivity index (χ4n) is 9.32. The fourth-order valence-corrected chi connectivity index (χ4v) is 9.32. The number of rotatable bonds is 6. The standard InChI is InChI=1S/C27H48.C2H6N2O.ClH/c1-19(2)9-8-10-20(3)23-14-15-24-22-13-12-21-11-6-7-17-26(21,4)25(22)16-18-27(23,24)5;3-1-2(4)5;/h19-25H,6-18H2,1-5H3;1,3H2,(H2,4,5);1H/t20-,21?,22+,23-,24+,25+,26+,27-;;/m1../s1. The summed E-state index contributed by atoms with van der Waals surface area (Å²) in [6, 6.07) is 0. The maximum absolute atomic E-state index is 9.47. The summed E-state index contributed by atoms with van der Waals surface area (Å²) in [7, 11) is 0. The molecule has 0 aromatic heterocycles. The Morgan fingerprint density at radius 1 is 0.879 bits per heavy atom. The second-order valence-corrected chi connectivity index (χ2v) is 13.1. The lowest BCUT2D eigenvalue weighted by atomic mass is 9.44. The van der Waals surface area contributed by atoms with E-state index in [1.54, 1.807) is 51.4 Å². The summed E-state index contributed by atoms with van der Waals surface area (Å²) in [5.41, 5.74) is 10.6. The van der Waals surface area contributed by atoms with Gasteiger partial charge in [0, 0.05) is 0 Å². The van der Waals surface area contributed by atoms with Crippen molar-refractivity contribution in [2.24, 2.45) is 63.7 Å². The van der Waals surface area contributed by atoms with Crippen molar-refractivity contribution < 1.29 is 4.79 Å². The number of primary amides is 1. The first-order chi connectivity index (χ1) is 15.1. The van der Waals surface area contributed by atoms with Gasteiger partial charge >= 0.3 is 0 Å². The average Bonchev–Trinajstić information content (AvgIpc) is 3.10. The van der Waals surface area contributed by atoms with Crippen molar-refractivity contribution in [1.82, 2.24) is 0 Å². The molecule has 4 heteroatoms. The minimum Gasteiger partial charge on any atom is -0.369 e. The molecule has 8 atom stereocenters. The van der Waals surface area contributed by atoms with Crippen LogP contribution >= 0.6 is 12.4 Å². The van der Waals surface area contributed by atoms with E-state index in [1.807, 2.05) is 0 Å². The van der Waals surface area contributed by atoms with Crippen molar-refractivity contribution in [2.45, 2.75) is 118 Å². The molecular weight excluding hydrogens is 428 g/mol. The Bertz CT molecular complexity index is 625. The summed E-state index contributed by atoms with van der Waals surface area (Å²) in [5, 5.41) is 0. The molecule has 4 N–H and O–H groups in total. The highest BCUT2D eigenvalue weighted by Crippen LogP contribution is 2.68. The van der Waals surface area contributed by atoms with Crippen LogP contribution in [0.4, 0.5) is 0 Å². The first-order valence-electron chi connectivity index (χ1n) is 14.1. The van der Waals surface area contributed by atoms with Gasteiger partial charge in [-0.05, 0) is 104 Å². The molecule has 4 aliphatic carbocycles. The van der Waals surface area contributed by atoms with Crippen LogP contribution in [0.15, 0.2) is 0 Å². The maximum atomic E-state index is 9.47. The molecule has 4 fully saturated rings. The lowest BCUT2D eigenvalue weighted by Gasteiger charge is -2.61. The molecule has 4 saturated carbocycles. The minimum absolute atomic E-state index is 0. The third kappa shape index (κ3) is 6.11. The number of carbonyl (C=O) groups is 1. The number of halogens is 1. The average molecular weight is 483 g/mol. The zero-order chi connectivity index (χ0) is 23.5. The number of hydrogen-bond donors (Lipinski definition) is 2. The predicted molar refractivity (Wildman–Crippen MR) is 143 cm³/mol. The molecule has 0 aliphatic heterocycles. The zero-order valence-electron chi connectivity index (χ0n) is 22.4. The largest absolute Gasteiger partial charge is 0.369 e. The van der Waals surface area contributed by atoms with Gasteiger partial charge < -0.3 is 11.5 Å². The maximum Gasteiger partial charge on any atom is 0.231 e. The Morgan fingerprint density at radius 2 is 1.55 bits per heavy atom. The molecule has 33 heavy (non-hydrogen) atoms. The molecular formula is C29H55ClN2O.